The van der Waals surface area contributed by atoms with E-state index in [9.17, 15) is 4.79 Å². The molecule has 0 radical (unpaired) electrons. The number of amides is 1. The van der Waals surface area contributed by atoms with Crippen molar-refractivity contribution in [2.75, 3.05) is 11.9 Å². The Morgan fingerprint density at radius 3 is 3.05 bits per heavy atom. The van der Waals surface area contributed by atoms with Crippen molar-refractivity contribution in [3.63, 3.8) is 0 Å². The molecule has 2 heterocycles. The van der Waals surface area contributed by atoms with E-state index in [1.54, 1.807) is 24.5 Å². The summed E-state index contributed by atoms with van der Waals surface area (Å²) in [5, 5.41) is 4.63. The first-order valence-corrected chi connectivity index (χ1v) is 6.88. The molecule has 5 nitrogen and oxygen atoms in total. The van der Waals surface area contributed by atoms with Crippen LogP contribution in [0.2, 0.25) is 0 Å². The molecule has 0 aromatic carbocycles. The quantitative estimate of drug-likeness (QED) is 0.912. The van der Waals surface area contributed by atoms with Crippen molar-refractivity contribution in [1.29, 1.82) is 0 Å². The minimum absolute atomic E-state index is 0.245. The number of nitrogens with zero attached hydrogens (tertiary/aromatic N) is 2. The molecule has 6 heteroatoms. The zero-order valence-corrected chi connectivity index (χ0v) is 11.6. The van der Waals surface area contributed by atoms with Gasteiger partial charge in [-0.3, -0.25) is 10.1 Å². The lowest BCUT2D eigenvalue weighted by molar-refractivity contribution is -0.126. The number of carbonyl (C=O) groups excluding carboxylic acids is 1. The van der Waals surface area contributed by atoms with Crippen molar-refractivity contribution in [2.24, 2.45) is 0 Å². The molecule has 2 rings (SSSR count). The number of nitrogens with one attached hydrogen (secondary N) is 1. The van der Waals surface area contributed by atoms with Crippen molar-refractivity contribution in [3.8, 4) is 10.6 Å². The third kappa shape index (κ3) is 3.59. The number of rotatable bonds is 5. The highest BCUT2D eigenvalue weighted by molar-refractivity contribution is 7.13. The highest BCUT2D eigenvalue weighted by atomic mass is 32.1. The number of anilines is 1. The summed E-state index contributed by atoms with van der Waals surface area (Å²) in [6, 6.07) is 5.74. The minimum Gasteiger partial charge on any atom is -0.369 e. The van der Waals surface area contributed by atoms with Crippen LogP contribution in [-0.4, -0.2) is 28.6 Å². The van der Waals surface area contributed by atoms with Gasteiger partial charge < -0.3 is 4.74 Å². The van der Waals surface area contributed by atoms with Gasteiger partial charge in [-0.2, -0.15) is 0 Å². The maximum absolute atomic E-state index is 11.8. The molecule has 19 heavy (non-hydrogen) atoms. The Bertz CT molecular complexity index is 543. The lowest BCUT2D eigenvalue weighted by Crippen LogP contribution is -2.28. The second-order valence-electron chi connectivity index (χ2n) is 3.83. The molecule has 0 fully saturated rings. The third-order valence-electron chi connectivity index (χ3n) is 2.45. The van der Waals surface area contributed by atoms with E-state index in [0.717, 1.165) is 10.6 Å². The van der Waals surface area contributed by atoms with E-state index in [0.29, 0.717) is 12.6 Å². The Hall–Kier alpha value is -1.79. The molecule has 1 atom stereocenters. The molecule has 0 saturated heterocycles. The molecule has 0 bridgehead atoms. The van der Waals surface area contributed by atoms with Crippen molar-refractivity contribution in [1.82, 2.24) is 9.97 Å². The standard InChI is InChI=1S/C13H15N3O2S/c1-3-18-9(2)12(17)16-13-14-7-6-10(15-13)11-5-4-8-19-11/h4-9H,3H2,1-2H3,(H,14,15,16,17)/t9-/m0/s1. The molecule has 1 amide bonds. The maximum Gasteiger partial charge on any atom is 0.255 e. The van der Waals surface area contributed by atoms with Crippen LogP contribution in [0.5, 0.6) is 0 Å². The summed E-state index contributed by atoms with van der Waals surface area (Å²) in [5.41, 5.74) is 0.796. The molecule has 1 N–H and O–H groups in total. The zero-order chi connectivity index (χ0) is 13.7. The molecular weight excluding hydrogens is 262 g/mol. The molecule has 0 aliphatic carbocycles. The number of ether oxygens (including phenoxy) is 1. The highest BCUT2D eigenvalue weighted by Crippen LogP contribution is 2.22. The van der Waals surface area contributed by atoms with E-state index in [1.165, 1.54) is 0 Å². The normalized spacial score (nSPS) is 12.1. The first-order chi connectivity index (χ1) is 9.20. The Morgan fingerprint density at radius 2 is 2.37 bits per heavy atom. The van der Waals surface area contributed by atoms with Crippen molar-refractivity contribution >= 4 is 23.2 Å². The predicted molar refractivity (Wildman–Crippen MR) is 75.1 cm³/mol. The SMILES string of the molecule is CCO[C@@H](C)C(=O)Nc1nccc(-c2cccs2)n1. The van der Waals surface area contributed by atoms with E-state index in [4.69, 9.17) is 4.74 Å². The van der Waals surface area contributed by atoms with Gasteiger partial charge in [0.05, 0.1) is 10.6 Å². The predicted octanol–water partition coefficient (Wildman–Crippen LogP) is 2.57. The van der Waals surface area contributed by atoms with Crippen LogP contribution < -0.4 is 5.32 Å². The second-order valence-corrected chi connectivity index (χ2v) is 4.78. The fourth-order valence-corrected chi connectivity index (χ4v) is 2.21. The largest absolute Gasteiger partial charge is 0.369 e. The molecule has 0 unspecified atom stereocenters. The molecule has 0 aliphatic heterocycles. The summed E-state index contributed by atoms with van der Waals surface area (Å²) < 4.78 is 5.21. The van der Waals surface area contributed by atoms with Crippen LogP contribution in [0, 0.1) is 0 Å². The van der Waals surface area contributed by atoms with Gasteiger partial charge in [0.1, 0.15) is 6.10 Å². The van der Waals surface area contributed by atoms with Gasteiger partial charge >= 0.3 is 0 Å². The average Bonchev–Trinajstić information content (AvgIpc) is 2.93. The summed E-state index contributed by atoms with van der Waals surface area (Å²) >= 11 is 1.59. The van der Waals surface area contributed by atoms with Crippen molar-refractivity contribution in [3.05, 3.63) is 29.8 Å². The number of aromatic nitrogens is 2. The molecule has 2 aromatic heterocycles. The Labute approximate surface area is 115 Å². The highest BCUT2D eigenvalue weighted by Gasteiger charge is 2.14. The van der Waals surface area contributed by atoms with Crippen LogP contribution >= 0.6 is 11.3 Å². The second kappa shape index (κ2) is 6.40. The fraction of sp³-hybridized carbons (Fsp3) is 0.308. The van der Waals surface area contributed by atoms with E-state index in [1.807, 2.05) is 30.5 Å². The number of hydrogen-bond donors (Lipinski definition) is 1. The summed E-state index contributed by atoms with van der Waals surface area (Å²) in [6.45, 7) is 4.03. The van der Waals surface area contributed by atoms with Crippen molar-refractivity contribution < 1.29 is 9.53 Å². The molecule has 0 aliphatic rings. The third-order valence-corrected chi connectivity index (χ3v) is 3.34. The van der Waals surface area contributed by atoms with Gasteiger partial charge in [-0.15, -0.1) is 11.3 Å². The average molecular weight is 277 g/mol. The van der Waals surface area contributed by atoms with Crippen LogP contribution in [0.4, 0.5) is 5.95 Å². The molecule has 0 saturated carbocycles. The monoisotopic (exact) mass is 277 g/mol. The van der Waals surface area contributed by atoms with Gasteiger partial charge in [0, 0.05) is 12.8 Å². The maximum atomic E-state index is 11.8. The Kier molecular flexibility index (Phi) is 4.59. The number of thiophene rings is 1. The minimum atomic E-state index is -0.515. The lowest BCUT2D eigenvalue weighted by Gasteiger charge is -2.11. The summed E-state index contributed by atoms with van der Waals surface area (Å²) in [4.78, 5) is 21.2. The van der Waals surface area contributed by atoms with E-state index in [-0.39, 0.29) is 5.91 Å². The van der Waals surface area contributed by atoms with Gasteiger partial charge in [-0.1, -0.05) is 6.07 Å². The summed E-state index contributed by atoms with van der Waals surface area (Å²) in [7, 11) is 0. The van der Waals surface area contributed by atoms with Gasteiger partial charge in [0.25, 0.3) is 5.91 Å². The van der Waals surface area contributed by atoms with Crippen LogP contribution in [-0.2, 0) is 9.53 Å². The zero-order valence-electron chi connectivity index (χ0n) is 10.8. The van der Waals surface area contributed by atoms with Gasteiger partial charge in [-0.25, -0.2) is 9.97 Å². The van der Waals surface area contributed by atoms with Gasteiger partial charge in [0.15, 0.2) is 0 Å². The van der Waals surface area contributed by atoms with Crippen LogP contribution in [0.3, 0.4) is 0 Å². The van der Waals surface area contributed by atoms with Crippen LogP contribution in [0.15, 0.2) is 29.8 Å². The van der Waals surface area contributed by atoms with Crippen LogP contribution in [0.1, 0.15) is 13.8 Å². The first-order valence-electron chi connectivity index (χ1n) is 6.00. The van der Waals surface area contributed by atoms with E-state index in [2.05, 4.69) is 15.3 Å². The molecular formula is C13H15N3O2S. The Morgan fingerprint density at radius 1 is 1.53 bits per heavy atom. The first kappa shape index (κ1) is 13.6. The van der Waals surface area contributed by atoms with Gasteiger partial charge in [0.2, 0.25) is 5.95 Å². The molecule has 2 aromatic rings. The van der Waals surface area contributed by atoms with Crippen molar-refractivity contribution in [2.45, 2.75) is 20.0 Å². The molecule has 0 spiro atoms. The van der Waals surface area contributed by atoms with Gasteiger partial charge in [-0.05, 0) is 31.4 Å². The van der Waals surface area contributed by atoms with E-state index >= 15 is 0 Å². The fourth-order valence-electron chi connectivity index (χ4n) is 1.52. The summed E-state index contributed by atoms with van der Waals surface area (Å²) in [6.07, 6.45) is 1.11. The van der Waals surface area contributed by atoms with Crippen LogP contribution in [0.25, 0.3) is 10.6 Å². The number of carbonyl (C=O) groups is 1. The lowest BCUT2D eigenvalue weighted by atomic mass is 10.3. The Balaban J connectivity index is 2.09. The van der Waals surface area contributed by atoms with E-state index < -0.39 is 6.10 Å². The number of hydrogen-bond acceptors (Lipinski definition) is 5. The smallest absolute Gasteiger partial charge is 0.255 e. The summed E-state index contributed by atoms with van der Waals surface area (Å²) in [5.74, 6) is 0.0487. The topological polar surface area (TPSA) is 64.1 Å². The molecule has 100 valence electrons.